The topological polar surface area (TPSA) is 40.6 Å². The first-order chi connectivity index (χ1) is 11.5. The molecular formula is C18H21ClN2O2S. The van der Waals surface area contributed by atoms with E-state index in [-0.39, 0.29) is 5.75 Å². The zero-order valence-corrected chi connectivity index (χ0v) is 15.2. The molecule has 1 fully saturated rings. The Labute approximate surface area is 148 Å². The van der Waals surface area contributed by atoms with E-state index in [1.807, 2.05) is 24.3 Å². The van der Waals surface area contributed by atoms with Crippen molar-refractivity contribution in [2.24, 2.45) is 0 Å². The van der Waals surface area contributed by atoms with E-state index in [2.05, 4.69) is 4.90 Å². The molecular weight excluding hydrogens is 344 g/mol. The highest BCUT2D eigenvalue weighted by Gasteiger charge is 2.21. The quantitative estimate of drug-likeness (QED) is 0.807. The molecule has 1 saturated heterocycles. The molecule has 0 amide bonds. The fourth-order valence-corrected chi connectivity index (χ4v) is 4.48. The molecule has 24 heavy (non-hydrogen) atoms. The van der Waals surface area contributed by atoms with Gasteiger partial charge in [0.2, 0.25) is 10.0 Å². The maximum absolute atomic E-state index is 12.7. The number of rotatable bonds is 5. The molecule has 2 aromatic rings. The molecule has 0 spiro atoms. The summed E-state index contributed by atoms with van der Waals surface area (Å²) in [5.74, 6) is -0.114. The van der Waals surface area contributed by atoms with Gasteiger partial charge in [-0.15, -0.1) is 0 Å². The second-order valence-corrected chi connectivity index (χ2v) is 8.43. The Morgan fingerprint density at radius 3 is 2.29 bits per heavy atom. The van der Waals surface area contributed by atoms with Gasteiger partial charge in [0, 0.05) is 30.8 Å². The minimum atomic E-state index is -3.49. The van der Waals surface area contributed by atoms with Crippen LogP contribution in [0.25, 0.3) is 0 Å². The summed E-state index contributed by atoms with van der Waals surface area (Å²) in [5.41, 5.74) is 2.41. The van der Waals surface area contributed by atoms with Gasteiger partial charge in [0.05, 0.1) is 11.4 Å². The minimum absolute atomic E-state index is 0.114. The minimum Gasteiger partial charge on any atom is -0.372 e. The summed E-state index contributed by atoms with van der Waals surface area (Å²) in [6, 6.07) is 14.7. The summed E-state index contributed by atoms with van der Waals surface area (Å²) in [5, 5.41) is 0.471. The van der Waals surface area contributed by atoms with Crippen LogP contribution in [-0.4, -0.2) is 28.6 Å². The van der Waals surface area contributed by atoms with Crippen molar-refractivity contribution < 1.29 is 8.42 Å². The lowest BCUT2D eigenvalue weighted by Crippen LogP contribution is -2.28. The van der Waals surface area contributed by atoms with Crippen molar-refractivity contribution in [2.75, 3.05) is 29.3 Å². The van der Waals surface area contributed by atoms with E-state index >= 15 is 0 Å². The van der Waals surface area contributed by atoms with E-state index in [9.17, 15) is 8.42 Å². The van der Waals surface area contributed by atoms with E-state index in [4.69, 9.17) is 11.6 Å². The Morgan fingerprint density at radius 2 is 1.67 bits per heavy atom. The smallest absolute Gasteiger partial charge is 0.239 e. The van der Waals surface area contributed by atoms with Crippen LogP contribution in [0.15, 0.2) is 48.5 Å². The average molecular weight is 365 g/mol. The van der Waals surface area contributed by atoms with E-state index in [1.165, 1.54) is 17.1 Å². The molecule has 128 valence electrons. The molecule has 0 radical (unpaired) electrons. The van der Waals surface area contributed by atoms with Gasteiger partial charge < -0.3 is 4.90 Å². The van der Waals surface area contributed by atoms with Crippen LogP contribution >= 0.6 is 11.6 Å². The lowest BCUT2D eigenvalue weighted by Gasteiger charge is -2.22. The molecule has 0 unspecified atom stereocenters. The number of halogens is 1. The monoisotopic (exact) mass is 364 g/mol. The third-order valence-electron chi connectivity index (χ3n) is 4.40. The van der Waals surface area contributed by atoms with Crippen molar-refractivity contribution in [1.82, 2.24) is 0 Å². The zero-order valence-electron chi connectivity index (χ0n) is 13.7. The molecule has 0 aliphatic carbocycles. The third-order valence-corrected chi connectivity index (χ3v) is 6.49. The van der Waals surface area contributed by atoms with E-state index in [0.717, 1.165) is 18.8 Å². The van der Waals surface area contributed by atoms with Gasteiger partial charge in [0.1, 0.15) is 0 Å². The predicted molar refractivity (Wildman–Crippen MR) is 100 cm³/mol. The van der Waals surface area contributed by atoms with Crippen molar-refractivity contribution in [3.63, 3.8) is 0 Å². The highest BCUT2D eigenvalue weighted by Crippen LogP contribution is 2.26. The first-order valence-corrected chi connectivity index (χ1v) is 10.0. The van der Waals surface area contributed by atoms with Gasteiger partial charge >= 0.3 is 0 Å². The highest BCUT2D eigenvalue weighted by atomic mass is 35.5. The van der Waals surface area contributed by atoms with Crippen molar-refractivity contribution in [3.05, 3.63) is 59.1 Å². The van der Waals surface area contributed by atoms with Crippen LogP contribution in [0.3, 0.4) is 0 Å². The normalized spacial score (nSPS) is 14.8. The van der Waals surface area contributed by atoms with Gasteiger partial charge in [0.25, 0.3) is 0 Å². The summed E-state index contributed by atoms with van der Waals surface area (Å²) >= 11 is 6.09. The van der Waals surface area contributed by atoms with Gasteiger partial charge in [-0.1, -0.05) is 29.8 Å². The Balaban J connectivity index is 1.77. The lowest BCUT2D eigenvalue weighted by molar-refractivity contribution is 0.593. The molecule has 0 atom stereocenters. The zero-order chi connectivity index (χ0) is 17.2. The van der Waals surface area contributed by atoms with Crippen molar-refractivity contribution in [3.8, 4) is 0 Å². The van der Waals surface area contributed by atoms with Gasteiger partial charge in [0.15, 0.2) is 0 Å². The van der Waals surface area contributed by atoms with Crippen molar-refractivity contribution in [2.45, 2.75) is 18.6 Å². The van der Waals surface area contributed by atoms with E-state index < -0.39 is 10.0 Å². The predicted octanol–water partition coefficient (Wildman–Crippen LogP) is 3.91. The Bertz CT molecular complexity index is 800. The summed E-state index contributed by atoms with van der Waals surface area (Å²) < 4.78 is 26.6. The van der Waals surface area contributed by atoms with Gasteiger partial charge in [-0.25, -0.2) is 8.42 Å². The van der Waals surface area contributed by atoms with Gasteiger partial charge in [-0.2, -0.15) is 0 Å². The van der Waals surface area contributed by atoms with Crippen LogP contribution in [-0.2, 0) is 15.8 Å². The van der Waals surface area contributed by atoms with Crippen LogP contribution in [0.2, 0.25) is 5.02 Å². The molecule has 2 aromatic carbocycles. The number of sulfonamides is 1. The summed E-state index contributed by atoms with van der Waals surface area (Å²) in [6.07, 6.45) is 2.43. The first-order valence-electron chi connectivity index (χ1n) is 8.02. The molecule has 1 aliphatic rings. The van der Waals surface area contributed by atoms with E-state index in [0.29, 0.717) is 16.3 Å². The maximum Gasteiger partial charge on any atom is 0.239 e. The molecule has 0 N–H and O–H groups in total. The summed E-state index contributed by atoms with van der Waals surface area (Å²) in [6.45, 7) is 2.14. The van der Waals surface area contributed by atoms with Crippen LogP contribution in [0.4, 0.5) is 11.4 Å². The second-order valence-electron chi connectivity index (χ2n) is 6.03. The fourth-order valence-electron chi connectivity index (χ4n) is 2.92. The van der Waals surface area contributed by atoms with Crippen molar-refractivity contribution >= 4 is 33.0 Å². The molecule has 1 heterocycles. The molecule has 6 heteroatoms. The Kier molecular flexibility index (Phi) is 5.01. The van der Waals surface area contributed by atoms with Gasteiger partial charge in [-0.05, 0) is 48.7 Å². The molecule has 1 aliphatic heterocycles. The largest absolute Gasteiger partial charge is 0.372 e. The first kappa shape index (κ1) is 17.1. The molecule has 0 saturated carbocycles. The average Bonchev–Trinajstić information content (AvgIpc) is 3.11. The van der Waals surface area contributed by atoms with Crippen molar-refractivity contribution in [1.29, 1.82) is 0 Å². The van der Waals surface area contributed by atoms with Crippen LogP contribution in [0.5, 0.6) is 0 Å². The van der Waals surface area contributed by atoms with Gasteiger partial charge in [-0.3, -0.25) is 4.31 Å². The van der Waals surface area contributed by atoms with E-state index in [1.54, 1.807) is 31.3 Å². The van der Waals surface area contributed by atoms with Crippen LogP contribution in [0.1, 0.15) is 18.4 Å². The Hall–Kier alpha value is -1.72. The Morgan fingerprint density at radius 1 is 1.04 bits per heavy atom. The number of anilines is 2. The summed E-state index contributed by atoms with van der Waals surface area (Å²) in [4.78, 5) is 2.32. The fraction of sp³-hybridized carbons (Fsp3) is 0.333. The molecule has 3 rings (SSSR count). The number of nitrogens with zero attached hydrogens (tertiary/aromatic N) is 2. The number of hydrogen-bond donors (Lipinski definition) is 0. The SMILES string of the molecule is CN(c1ccc(N2CCCC2)cc1)S(=O)(=O)Cc1ccccc1Cl. The maximum atomic E-state index is 12.7. The third kappa shape index (κ3) is 3.68. The highest BCUT2D eigenvalue weighted by molar-refractivity contribution is 7.92. The number of benzene rings is 2. The lowest BCUT2D eigenvalue weighted by atomic mass is 10.2. The molecule has 4 nitrogen and oxygen atoms in total. The standard InChI is InChI=1S/C18H21ClN2O2S/c1-20(24(22,23)14-15-6-2-3-7-18(15)19)16-8-10-17(11-9-16)21-12-4-5-13-21/h2-3,6-11H,4-5,12-14H2,1H3. The molecule has 0 bridgehead atoms. The van der Waals surface area contributed by atoms with Crippen LogP contribution in [0, 0.1) is 0 Å². The second kappa shape index (κ2) is 7.03. The van der Waals surface area contributed by atoms with Crippen LogP contribution < -0.4 is 9.21 Å². The number of hydrogen-bond acceptors (Lipinski definition) is 3. The molecule has 0 aromatic heterocycles. The summed E-state index contributed by atoms with van der Waals surface area (Å²) in [7, 11) is -1.91.